The van der Waals surface area contributed by atoms with Gasteiger partial charge < -0.3 is 32.0 Å². The lowest BCUT2D eigenvalue weighted by molar-refractivity contribution is -0.150. The van der Waals surface area contributed by atoms with E-state index in [2.05, 4.69) is 243 Å². The Morgan fingerprint density at radius 2 is 0.895 bits per heavy atom. The number of methoxy groups -OCH3 is 1. The Bertz CT molecular complexity index is 1870. The van der Waals surface area contributed by atoms with Crippen LogP contribution in [0.1, 0.15) is 172 Å². The van der Waals surface area contributed by atoms with Crippen molar-refractivity contribution in [1.82, 2.24) is 0 Å². The lowest BCUT2D eigenvalue weighted by Crippen LogP contribution is -2.54. The Balaban J connectivity index is 8.03. The Morgan fingerprint density at radius 1 is 0.513 bits per heavy atom. The second-order valence-electron chi connectivity index (χ2n) is 31.4. The SMILES string of the molecule is C=C/C=C\[C@H](C)[C@H](O)[C@@H](C)[C@H](O[Si](C)(C)C(C)(C)C)[C@@H](C)C/C(C)=C\[C@H](C)[C@@H](O[Si](C)(C)C(C)(C)C)[C@@H](C)/C=C\[C@@H](C[C@H](O[Si](C)(C)C(C)(C)C)[C@H](C)[C@H](O[Si](C)(C)C(C)(C)C)[C@@H](C)C(=O)OC)O[Si](C)(C)C(C)(C)C. The first-order chi connectivity index (χ1) is 33.7. The monoisotopic (exact) mass is 1150 g/mol. The number of hydrogen-bond donors (Lipinski definition) is 1. The summed E-state index contributed by atoms with van der Waals surface area (Å²) in [5.74, 6) is -0.744. The van der Waals surface area contributed by atoms with Crippen molar-refractivity contribution in [3.8, 4) is 0 Å². The second kappa shape index (κ2) is 28.5. The van der Waals surface area contributed by atoms with Crippen LogP contribution >= 0.6 is 0 Å². The van der Waals surface area contributed by atoms with Crippen LogP contribution in [0.2, 0.25) is 90.7 Å². The predicted molar refractivity (Wildman–Crippen MR) is 344 cm³/mol. The fourth-order valence-corrected chi connectivity index (χ4v) is 15.8. The van der Waals surface area contributed by atoms with Gasteiger partial charge in [-0.1, -0.05) is 194 Å². The molecule has 0 saturated carbocycles. The first kappa shape index (κ1) is 75.3. The Labute approximate surface area is 478 Å². The molecule has 448 valence electrons. The van der Waals surface area contributed by atoms with Crippen LogP contribution in [0.5, 0.6) is 0 Å². The first-order valence-electron chi connectivity index (χ1n) is 29.5. The predicted octanol–water partition coefficient (Wildman–Crippen LogP) is 18.9. The summed E-state index contributed by atoms with van der Waals surface area (Å²) < 4.78 is 42.8. The minimum absolute atomic E-state index is 0.00768. The Hall–Kier alpha value is -0.726. The van der Waals surface area contributed by atoms with Gasteiger partial charge in [0.05, 0.1) is 49.7 Å². The van der Waals surface area contributed by atoms with Gasteiger partial charge in [-0.05, 0) is 129 Å². The van der Waals surface area contributed by atoms with Crippen molar-refractivity contribution < 1.29 is 36.8 Å². The van der Waals surface area contributed by atoms with Crippen LogP contribution in [0.4, 0.5) is 0 Å². The van der Waals surface area contributed by atoms with Gasteiger partial charge in [0, 0.05) is 24.2 Å². The molecule has 0 rings (SSSR count). The molecule has 0 heterocycles. The van der Waals surface area contributed by atoms with E-state index in [9.17, 15) is 9.90 Å². The third kappa shape index (κ3) is 21.9. The van der Waals surface area contributed by atoms with Crippen molar-refractivity contribution in [1.29, 1.82) is 0 Å². The molecule has 0 aromatic heterocycles. The maximum Gasteiger partial charge on any atom is 0.310 e. The zero-order chi connectivity index (χ0) is 60.6. The van der Waals surface area contributed by atoms with Crippen molar-refractivity contribution >= 4 is 47.6 Å². The Kier molecular flexibility index (Phi) is 28.2. The maximum atomic E-state index is 13.6. The standard InChI is InChI=1S/C63H128O8Si5/c1-36-37-38-45(3)54(64)50(8)56(70-75(32,33)62(19,20)21)48(6)42-44(2)41-47(5)55(69-74(30,31)61(16,17)18)46(4)39-40-52(67-72(26,27)59(10,11)12)43-53(68-73(28,29)60(13,14)15)49(7)57(51(9)58(65)66-25)71-76(34,35)63(22,23)24/h36-41,45-57,64H,1,42-43H2,2-35H3/b38-37-,40-39-,44-41-/t45-,46-,47-,48-,49-,50+,51+,52-,53-,54-,55-,56+,57-/m0/s1. The number of rotatable bonds is 29. The molecule has 0 aromatic carbocycles. The van der Waals surface area contributed by atoms with Crippen LogP contribution in [0.25, 0.3) is 0 Å². The van der Waals surface area contributed by atoms with E-state index in [0.717, 1.165) is 6.42 Å². The normalized spacial score (nSPS) is 20.1. The lowest BCUT2D eigenvalue weighted by atomic mass is 9.81. The quantitative estimate of drug-likeness (QED) is 0.0343. The molecular weight excluding hydrogens is 1030 g/mol. The topological polar surface area (TPSA) is 92.7 Å². The number of hydrogen-bond acceptors (Lipinski definition) is 8. The molecule has 8 nitrogen and oxygen atoms in total. The molecule has 0 radical (unpaired) electrons. The van der Waals surface area contributed by atoms with Gasteiger partial charge in [-0.15, -0.1) is 0 Å². The van der Waals surface area contributed by atoms with Crippen molar-refractivity contribution in [3.05, 3.63) is 48.6 Å². The highest BCUT2D eigenvalue weighted by Crippen LogP contribution is 2.46. The zero-order valence-electron chi connectivity index (χ0n) is 56.4. The summed E-state index contributed by atoms with van der Waals surface area (Å²) in [6.07, 6.45) is 12.6. The first-order valence-corrected chi connectivity index (χ1v) is 44.0. The summed E-state index contributed by atoms with van der Waals surface area (Å²) in [5.41, 5.74) is 1.31. The molecule has 0 aliphatic carbocycles. The Morgan fingerprint density at radius 3 is 1.29 bits per heavy atom. The third-order valence-corrected chi connectivity index (χ3v) is 41.8. The number of aliphatic hydroxyl groups is 1. The lowest BCUT2D eigenvalue weighted by Gasteiger charge is -2.47. The van der Waals surface area contributed by atoms with Gasteiger partial charge in [0.1, 0.15) is 0 Å². The average molecular weight is 1150 g/mol. The summed E-state index contributed by atoms with van der Waals surface area (Å²) in [7, 11) is -10.1. The molecule has 0 aliphatic heterocycles. The average Bonchev–Trinajstić information content (AvgIpc) is 3.23. The van der Waals surface area contributed by atoms with E-state index in [0.29, 0.717) is 6.42 Å². The molecule has 0 saturated heterocycles. The minimum atomic E-state index is -2.38. The summed E-state index contributed by atoms with van der Waals surface area (Å²) in [6.45, 7) is 79.3. The number of esters is 1. The van der Waals surface area contributed by atoms with Crippen LogP contribution in [0.3, 0.4) is 0 Å². The number of allylic oxidation sites excluding steroid dienone is 3. The van der Waals surface area contributed by atoms with E-state index in [-0.39, 0.29) is 91.1 Å². The number of carbonyl (C=O) groups is 1. The molecular formula is C63H128O8Si5. The van der Waals surface area contributed by atoms with E-state index >= 15 is 0 Å². The molecule has 13 heteroatoms. The van der Waals surface area contributed by atoms with Gasteiger partial charge in [0.25, 0.3) is 0 Å². The summed E-state index contributed by atoms with van der Waals surface area (Å²) in [5, 5.41) is 11.7. The summed E-state index contributed by atoms with van der Waals surface area (Å²) in [4.78, 5) is 13.6. The van der Waals surface area contributed by atoms with Crippen molar-refractivity contribution in [2.45, 2.75) is 299 Å². The molecule has 1 N–H and O–H groups in total. The maximum absolute atomic E-state index is 13.6. The number of ether oxygens (including phenoxy) is 1. The molecule has 0 bridgehead atoms. The van der Waals surface area contributed by atoms with Gasteiger partial charge in [-0.2, -0.15) is 0 Å². The van der Waals surface area contributed by atoms with Gasteiger partial charge >= 0.3 is 5.97 Å². The summed E-state index contributed by atoms with van der Waals surface area (Å²) in [6, 6.07) is 0. The molecule has 0 amide bonds. The van der Waals surface area contributed by atoms with Crippen LogP contribution in [-0.2, 0) is 31.7 Å². The van der Waals surface area contributed by atoms with E-state index in [1.807, 2.05) is 19.1 Å². The van der Waals surface area contributed by atoms with Crippen LogP contribution in [0.15, 0.2) is 48.6 Å². The molecule has 0 unspecified atom stereocenters. The molecule has 76 heavy (non-hydrogen) atoms. The molecule has 0 aliphatic rings. The highest BCUT2D eigenvalue weighted by atomic mass is 28.4. The van der Waals surface area contributed by atoms with Gasteiger partial charge in [0.15, 0.2) is 41.6 Å². The second-order valence-corrected chi connectivity index (χ2v) is 55.2. The molecule has 0 aromatic rings. The fraction of sp³-hybridized carbons (Fsp3) is 0.857. The highest BCUT2D eigenvalue weighted by Gasteiger charge is 2.49. The fourth-order valence-electron chi connectivity index (χ4n) is 8.74. The van der Waals surface area contributed by atoms with Crippen LogP contribution in [0, 0.1) is 41.4 Å². The largest absolute Gasteiger partial charge is 0.469 e. The van der Waals surface area contributed by atoms with E-state index in [4.69, 9.17) is 26.9 Å². The van der Waals surface area contributed by atoms with Crippen LogP contribution < -0.4 is 0 Å². The third-order valence-electron chi connectivity index (χ3n) is 19.4. The molecule has 0 fully saturated rings. The van der Waals surface area contributed by atoms with Gasteiger partial charge in [-0.25, -0.2) is 0 Å². The van der Waals surface area contributed by atoms with Crippen LogP contribution in [-0.4, -0.2) is 96.4 Å². The van der Waals surface area contributed by atoms with Gasteiger partial charge in [0.2, 0.25) is 0 Å². The number of carbonyl (C=O) groups excluding carboxylic acids is 1. The highest BCUT2D eigenvalue weighted by molar-refractivity contribution is 6.75. The number of aliphatic hydroxyl groups excluding tert-OH is 1. The minimum Gasteiger partial charge on any atom is -0.469 e. The van der Waals surface area contributed by atoms with E-state index in [1.165, 1.54) is 12.7 Å². The molecule has 0 spiro atoms. The van der Waals surface area contributed by atoms with Gasteiger partial charge in [-0.3, -0.25) is 4.79 Å². The summed E-state index contributed by atoms with van der Waals surface area (Å²) >= 11 is 0. The molecule has 13 atom stereocenters. The van der Waals surface area contributed by atoms with Crippen molar-refractivity contribution in [2.24, 2.45) is 41.4 Å². The zero-order valence-corrected chi connectivity index (χ0v) is 61.4. The van der Waals surface area contributed by atoms with Crippen molar-refractivity contribution in [2.75, 3.05) is 7.11 Å². The van der Waals surface area contributed by atoms with E-state index < -0.39 is 59.7 Å². The smallest absolute Gasteiger partial charge is 0.310 e. The van der Waals surface area contributed by atoms with Crippen molar-refractivity contribution in [3.63, 3.8) is 0 Å². The van der Waals surface area contributed by atoms with E-state index in [1.54, 1.807) is 6.08 Å².